The van der Waals surface area contributed by atoms with Crippen LogP contribution in [0, 0.1) is 6.92 Å². The minimum absolute atomic E-state index is 0.275. The van der Waals surface area contributed by atoms with Gasteiger partial charge >= 0.3 is 5.63 Å². The predicted octanol–water partition coefficient (Wildman–Crippen LogP) is 0.236. The second kappa shape index (κ2) is 2.06. The van der Waals surface area contributed by atoms with Crippen molar-refractivity contribution in [2.45, 2.75) is 6.92 Å². The van der Waals surface area contributed by atoms with E-state index in [1.807, 2.05) is 0 Å². The molecule has 0 radical (unpaired) electrons. The number of hydrogen-bond donors (Lipinski definition) is 2. The zero-order chi connectivity index (χ0) is 7.72. The van der Waals surface area contributed by atoms with Gasteiger partial charge < -0.3 is 15.3 Å². The molecule has 4 nitrogen and oxygen atoms in total. The van der Waals surface area contributed by atoms with Crippen LogP contribution in [-0.2, 0) is 0 Å². The molecular formula is C6H7NO3. The van der Waals surface area contributed by atoms with Crippen LogP contribution in [0.1, 0.15) is 5.56 Å². The van der Waals surface area contributed by atoms with Gasteiger partial charge in [0.15, 0.2) is 0 Å². The normalized spacial score (nSPS) is 9.70. The highest BCUT2D eigenvalue weighted by Gasteiger charge is 2.04. The van der Waals surface area contributed by atoms with Crippen LogP contribution in [0.4, 0.5) is 5.69 Å². The van der Waals surface area contributed by atoms with Gasteiger partial charge in [-0.2, -0.15) is 0 Å². The van der Waals surface area contributed by atoms with Gasteiger partial charge in [0.1, 0.15) is 6.26 Å². The molecule has 4 heteroatoms. The monoisotopic (exact) mass is 141 g/mol. The highest BCUT2D eigenvalue weighted by Crippen LogP contribution is 2.15. The van der Waals surface area contributed by atoms with E-state index < -0.39 is 11.4 Å². The van der Waals surface area contributed by atoms with Crippen LogP contribution in [0.5, 0.6) is 5.75 Å². The first-order valence-corrected chi connectivity index (χ1v) is 2.69. The van der Waals surface area contributed by atoms with Crippen molar-refractivity contribution in [3.8, 4) is 5.75 Å². The van der Waals surface area contributed by atoms with E-state index in [1.54, 1.807) is 6.92 Å². The molecule has 0 unspecified atom stereocenters. The molecule has 0 saturated carbocycles. The zero-order valence-electron chi connectivity index (χ0n) is 5.42. The first-order chi connectivity index (χ1) is 4.63. The van der Waals surface area contributed by atoms with Gasteiger partial charge in [-0.05, 0) is 6.92 Å². The molecule has 0 spiro atoms. The number of hydrogen-bond acceptors (Lipinski definition) is 4. The quantitative estimate of drug-likeness (QED) is 0.542. The zero-order valence-corrected chi connectivity index (χ0v) is 5.42. The number of aromatic hydroxyl groups is 1. The van der Waals surface area contributed by atoms with Gasteiger partial charge in [0.05, 0.1) is 5.69 Å². The molecule has 0 saturated heterocycles. The average Bonchev–Trinajstić information content (AvgIpc) is 1.93. The Morgan fingerprint density at radius 1 is 1.70 bits per heavy atom. The molecule has 0 amide bonds. The Morgan fingerprint density at radius 3 is 2.80 bits per heavy atom. The van der Waals surface area contributed by atoms with Gasteiger partial charge in [-0.1, -0.05) is 0 Å². The molecule has 1 aromatic heterocycles. The molecular weight excluding hydrogens is 134 g/mol. The summed E-state index contributed by atoms with van der Waals surface area (Å²) in [6.45, 7) is 1.54. The average molecular weight is 141 g/mol. The molecule has 1 rings (SSSR count). The molecule has 0 fully saturated rings. The van der Waals surface area contributed by atoms with Crippen molar-refractivity contribution in [2.75, 3.05) is 5.73 Å². The summed E-state index contributed by atoms with van der Waals surface area (Å²) >= 11 is 0. The standard InChI is InChI=1S/C6H7NO3/c1-3-4(7)2-10-6(9)5(3)8/h2,8H,7H2,1H3. The van der Waals surface area contributed by atoms with Crippen LogP contribution < -0.4 is 11.4 Å². The van der Waals surface area contributed by atoms with Crippen molar-refractivity contribution in [3.05, 3.63) is 22.2 Å². The minimum Gasteiger partial charge on any atom is -0.502 e. The SMILES string of the molecule is Cc1c(N)coc(=O)c1O. The highest BCUT2D eigenvalue weighted by molar-refractivity contribution is 5.48. The van der Waals surface area contributed by atoms with E-state index in [9.17, 15) is 4.79 Å². The summed E-state index contributed by atoms with van der Waals surface area (Å²) in [7, 11) is 0. The van der Waals surface area contributed by atoms with Gasteiger partial charge in [-0.3, -0.25) is 0 Å². The lowest BCUT2D eigenvalue weighted by atomic mass is 10.2. The smallest absolute Gasteiger partial charge is 0.378 e. The van der Waals surface area contributed by atoms with Crippen molar-refractivity contribution in [2.24, 2.45) is 0 Å². The maximum Gasteiger partial charge on any atom is 0.378 e. The lowest BCUT2D eigenvalue weighted by molar-refractivity contribution is 0.409. The fraction of sp³-hybridized carbons (Fsp3) is 0.167. The molecule has 54 valence electrons. The number of nitrogen functional groups attached to an aromatic ring is 1. The Kier molecular flexibility index (Phi) is 1.37. The van der Waals surface area contributed by atoms with Crippen molar-refractivity contribution in [1.82, 2.24) is 0 Å². The maximum absolute atomic E-state index is 10.5. The van der Waals surface area contributed by atoms with Gasteiger partial charge in [-0.15, -0.1) is 0 Å². The Balaban J connectivity index is 3.49. The Labute approximate surface area is 56.9 Å². The number of anilines is 1. The Hall–Kier alpha value is -1.45. The second-order valence-corrected chi connectivity index (χ2v) is 1.95. The molecule has 0 atom stereocenters. The lowest BCUT2D eigenvalue weighted by Gasteiger charge is -1.97. The minimum atomic E-state index is -0.758. The Bertz CT molecular complexity index is 302. The third kappa shape index (κ3) is 0.834. The second-order valence-electron chi connectivity index (χ2n) is 1.95. The summed E-state index contributed by atoms with van der Waals surface area (Å²) in [6, 6.07) is 0. The van der Waals surface area contributed by atoms with Crippen molar-refractivity contribution < 1.29 is 9.52 Å². The summed E-state index contributed by atoms with van der Waals surface area (Å²) in [5.41, 5.74) is 5.17. The van der Waals surface area contributed by atoms with E-state index >= 15 is 0 Å². The van der Waals surface area contributed by atoms with Crippen LogP contribution in [0.25, 0.3) is 0 Å². The van der Waals surface area contributed by atoms with Gasteiger partial charge in [-0.25, -0.2) is 4.79 Å². The molecule has 0 aliphatic carbocycles. The van der Waals surface area contributed by atoms with E-state index in [0.29, 0.717) is 5.56 Å². The topological polar surface area (TPSA) is 76.5 Å². The van der Waals surface area contributed by atoms with Gasteiger partial charge in [0.25, 0.3) is 0 Å². The fourth-order valence-electron chi connectivity index (χ4n) is 0.551. The van der Waals surface area contributed by atoms with E-state index in [4.69, 9.17) is 10.8 Å². The van der Waals surface area contributed by atoms with E-state index in [-0.39, 0.29) is 5.69 Å². The molecule has 10 heavy (non-hydrogen) atoms. The first kappa shape index (κ1) is 6.67. The fourth-order valence-corrected chi connectivity index (χ4v) is 0.551. The largest absolute Gasteiger partial charge is 0.502 e. The van der Waals surface area contributed by atoms with Crippen molar-refractivity contribution in [3.63, 3.8) is 0 Å². The van der Waals surface area contributed by atoms with E-state index in [0.717, 1.165) is 6.26 Å². The first-order valence-electron chi connectivity index (χ1n) is 2.69. The molecule has 1 heterocycles. The molecule has 0 aromatic carbocycles. The van der Waals surface area contributed by atoms with Crippen LogP contribution in [0.2, 0.25) is 0 Å². The summed E-state index contributed by atoms with van der Waals surface area (Å²) in [5, 5.41) is 8.90. The highest BCUT2D eigenvalue weighted by atomic mass is 16.4. The number of nitrogens with two attached hydrogens (primary N) is 1. The van der Waals surface area contributed by atoms with E-state index in [2.05, 4.69) is 4.42 Å². The molecule has 0 bridgehead atoms. The van der Waals surface area contributed by atoms with Crippen molar-refractivity contribution >= 4 is 5.69 Å². The van der Waals surface area contributed by atoms with Crippen LogP contribution in [-0.4, -0.2) is 5.11 Å². The molecule has 0 aliphatic rings. The summed E-state index contributed by atoms with van der Waals surface area (Å²) < 4.78 is 4.34. The number of rotatable bonds is 0. The Morgan fingerprint density at radius 2 is 2.30 bits per heavy atom. The summed E-state index contributed by atoms with van der Waals surface area (Å²) in [6.07, 6.45) is 1.11. The molecule has 1 aromatic rings. The third-order valence-electron chi connectivity index (χ3n) is 1.27. The lowest BCUT2D eigenvalue weighted by Crippen LogP contribution is -2.01. The summed E-state index contributed by atoms with van der Waals surface area (Å²) in [5.74, 6) is -0.417. The molecule has 3 N–H and O–H groups in total. The van der Waals surface area contributed by atoms with Gasteiger partial charge in [0.2, 0.25) is 5.75 Å². The molecule has 0 aliphatic heterocycles. The van der Waals surface area contributed by atoms with Crippen LogP contribution in [0.15, 0.2) is 15.5 Å². The van der Waals surface area contributed by atoms with E-state index in [1.165, 1.54) is 0 Å². The maximum atomic E-state index is 10.5. The van der Waals surface area contributed by atoms with Crippen molar-refractivity contribution in [1.29, 1.82) is 0 Å². The third-order valence-corrected chi connectivity index (χ3v) is 1.27. The van der Waals surface area contributed by atoms with Crippen LogP contribution in [0.3, 0.4) is 0 Å². The van der Waals surface area contributed by atoms with Gasteiger partial charge in [0, 0.05) is 5.56 Å². The van der Waals surface area contributed by atoms with Crippen LogP contribution >= 0.6 is 0 Å². The summed E-state index contributed by atoms with van der Waals surface area (Å²) in [4.78, 5) is 10.5. The predicted molar refractivity (Wildman–Crippen MR) is 35.8 cm³/mol.